The molecule has 0 bridgehead atoms. The normalized spacial score (nSPS) is 22.4. The van der Waals surface area contributed by atoms with Gasteiger partial charge < -0.3 is 9.80 Å². The van der Waals surface area contributed by atoms with Crippen molar-refractivity contribution in [2.75, 3.05) is 32.7 Å². The van der Waals surface area contributed by atoms with Crippen LogP contribution in [-0.4, -0.2) is 66.3 Å². The highest BCUT2D eigenvalue weighted by Gasteiger charge is 2.43. The van der Waals surface area contributed by atoms with Gasteiger partial charge in [0.05, 0.1) is 12.6 Å². The molecule has 9 heteroatoms. The lowest BCUT2D eigenvalue weighted by molar-refractivity contribution is -0.135. The Bertz CT molecular complexity index is 634. The van der Waals surface area contributed by atoms with Crippen LogP contribution in [0.15, 0.2) is 24.3 Å². The van der Waals surface area contributed by atoms with E-state index in [2.05, 4.69) is 5.32 Å². The third-order valence-electron chi connectivity index (χ3n) is 4.38. The molecule has 1 unspecified atom stereocenters. The summed E-state index contributed by atoms with van der Waals surface area (Å²) in [7, 11) is 0. The van der Waals surface area contributed by atoms with E-state index < -0.39 is 30.7 Å². The van der Waals surface area contributed by atoms with Crippen LogP contribution >= 0.6 is 12.4 Å². The molecule has 0 aromatic heterocycles. The minimum absolute atomic E-state index is 0. The summed E-state index contributed by atoms with van der Waals surface area (Å²) in [6, 6.07) is 4.41. The highest BCUT2D eigenvalue weighted by Crippen LogP contribution is 2.26. The van der Waals surface area contributed by atoms with Crippen molar-refractivity contribution in [1.82, 2.24) is 15.1 Å². The van der Waals surface area contributed by atoms with Crippen molar-refractivity contribution >= 4 is 24.2 Å². The van der Waals surface area contributed by atoms with E-state index >= 15 is 0 Å². The summed E-state index contributed by atoms with van der Waals surface area (Å²) < 4.78 is 39.3. The molecule has 0 aliphatic carbocycles. The summed E-state index contributed by atoms with van der Waals surface area (Å²) in [6.07, 6.45) is -0.486. The minimum Gasteiger partial charge on any atom is -0.338 e. The van der Waals surface area contributed by atoms with Crippen LogP contribution in [0.25, 0.3) is 0 Å². The summed E-state index contributed by atoms with van der Waals surface area (Å²) >= 11 is 0. The standard InChI is InChI=1S/C16H18F3N3O2.ClH/c17-12-3-1-11(2-4-12)14(23)21-5-7-22(8-6-21)15(24)13-9-16(18,19)10-20-13;/h1-4,13,20H,5-10H2;1H. The van der Waals surface area contributed by atoms with Gasteiger partial charge >= 0.3 is 0 Å². The summed E-state index contributed by atoms with van der Waals surface area (Å²) in [5.74, 6) is -3.84. The molecule has 0 spiro atoms. The van der Waals surface area contributed by atoms with Crippen molar-refractivity contribution in [3.05, 3.63) is 35.6 Å². The second-order valence-electron chi connectivity index (χ2n) is 6.12. The Morgan fingerprint density at radius 3 is 2.12 bits per heavy atom. The van der Waals surface area contributed by atoms with Gasteiger partial charge in [0.15, 0.2) is 0 Å². The monoisotopic (exact) mass is 377 g/mol. The van der Waals surface area contributed by atoms with Crippen LogP contribution < -0.4 is 5.32 Å². The lowest BCUT2D eigenvalue weighted by Gasteiger charge is -2.36. The van der Waals surface area contributed by atoms with E-state index in [0.29, 0.717) is 31.7 Å². The number of amides is 2. The van der Waals surface area contributed by atoms with Gasteiger partial charge in [0.1, 0.15) is 5.82 Å². The summed E-state index contributed by atoms with van der Waals surface area (Å²) in [5.41, 5.74) is 0.383. The molecule has 2 aliphatic heterocycles. The Hall–Kier alpha value is -1.80. The number of hydrogen-bond acceptors (Lipinski definition) is 3. The van der Waals surface area contributed by atoms with E-state index in [-0.39, 0.29) is 24.2 Å². The van der Waals surface area contributed by atoms with Gasteiger partial charge in [-0.1, -0.05) is 0 Å². The SMILES string of the molecule is Cl.O=C(c1ccc(F)cc1)N1CCN(C(=O)C2CC(F)(F)CN2)CC1. The molecular weight excluding hydrogens is 359 g/mol. The molecule has 1 atom stereocenters. The molecule has 0 saturated carbocycles. The van der Waals surface area contributed by atoms with E-state index in [1.807, 2.05) is 0 Å². The van der Waals surface area contributed by atoms with Crippen molar-refractivity contribution in [3.8, 4) is 0 Å². The highest BCUT2D eigenvalue weighted by atomic mass is 35.5. The zero-order chi connectivity index (χ0) is 17.3. The molecule has 1 aromatic carbocycles. The molecule has 0 radical (unpaired) electrons. The first-order valence-electron chi connectivity index (χ1n) is 7.80. The van der Waals surface area contributed by atoms with Crippen molar-refractivity contribution in [1.29, 1.82) is 0 Å². The van der Waals surface area contributed by atoms with Crippen LogP contribution in [0, 0.1) is 5.82 Å². The average molecular weight is 378 g/mol. The Balaban J connectivity index is 0.00000225. The first kappa shape index (κ1) is 19.5. The van der Waals surface area contributed by atoms with Crippen LogP contribution in [0.2, 0.25) is 0 Å². The van der Waals surface area contributed by atoms with Gasteiger partial charge in [-0.15, -0.1) is 12.4 Å². The number of hydrogen-bond donors (Lipinski definition) is 1. The molecular formula is C16H19ClF3N3O2. The van der Waals surface area contributed by atoms with Crippen LogP contribution in [0.5, 0.6) is 0 Å². The Morgan fingerprint density at radius 1 is 1.04 bits per heavy atom. The first-order chi connectivity index (χ1) is 11.4. The van der Waals surface area contributed by atoms with Crippen LogP contribution in [0.1, 0.15) is 16.8 Å². The summed E-state index contributed by atoms with van der Waals surface area (Å²) in [5, 5.41) is 2.55. The molecule has 2 aliphatic rings. The third kappa shape index (κ3) is 4.43. The maximum absolute atomic E-state index is 13.2. The maximum Gasteiger partial charge on any atom is 0.262 e. The minimum atomic E-state index is -2.85. The van der Waals surface area contributed by atoms with Crippen molar-refractivity contribution < 1.29 is 22.8 Å². The van der Waals surface area contributed by atoms with Gasteiger partial charge in [-0.3, -0.25) is 14.9 Å². The Labute approximate surface area is 149 Å². The zero-order valence-electron chi connectivity index (χ0n) is 13.4. The van der Waals surface area contributed by atoms with Crippen LogP contribution in [0.4, 0.5) is 13.2 Å². The number of halogens is 4. The number of nitrogens with one attached hydrogen (secondary N) is 1. The Kier molecular flexibility index (Phi) is 5.95. The van der Waals surface area contributed by atoms with E-state index in [4.69, 9.17) is 0 Å². The fourth-order valence-electron chi connectivity index (χ4n) is 3.02. The fraction of sp³-hybridized carbons (Fsp3) is 0.500. The fourth-order valence-corrected chi connectivity index (χ4v) is 3.02. The summed E-state index contributed by atoms with van der Waals surface area (Å²) in [4.78, 5) is 27.7. The first-order valence-corrected chi connectivity index (χ1v) is 7.80. The molecule has 2 saturated heterocycles. The second kappa shape index (κ2) is 7.61. The van der Waals surface area contributed by atoms with Crippen LogP contribution in [-0.2, 0) is 4.79 Å². The van der Waals surface area contributed by atoms with Gasteiger partial charge in [0.25, 0.3) is 11.8 Å². The smallest absolute Gasteiger partial charge is 0.262 e. The van der Waals surface area contributed by atoms with Gasteiger partial charge in [0, 0.05) is 38.2 Å². The van der Waals surface area contributed by atoms with Crippen molar-refractivity contribution in [2.24, 2.45) is 0 Å². The zero-order valence-corrected chi connectivity index (χ0v) is 14.2. The number of nitrogens with zero attached hydrogens (tertiary/aromatic N) is 2. The average Bonchev–Trinajstić information content (AvgIpc) is 2.94. The van der Waals surface area contributed by atoms with Gasteiger partial charge in [-0.05, 0) is 24.3 Å². The molecule has 2 heterocycles. The molecule has 2 fully saturated rings. The second-order valence-corrected chi connectivity index (χ2v) is 6.12. The predicted molar refractivity (Wildman–Crippen MR) is 87.5 cm³/mol. The third-order valence-corrected chi connectivity index (χ3v) is 4.38. The van der Waals surface area contributed by atoms with Crippen molar-refractivity contribution in [2.45, 2.75) is 18.4 Å². The van der Waals surface area contributed by atoms with E-state index in [1.54, 1.807) is 4.90 Å². The maximum atomic E-state index is 13.2. The van der Waals surface area contributed by atoms with Crippen molar-refractivity contribution in [3.63, 3.8) is 0 Å². The number of carbonyl (C=O) groups is 2. The number of carbonyl (C=O) groups excluding carboxylic acids is 2. The van der Waals surface area contributed by atoms with Gasteiger partial charge in [0.2, 0.25) is 5.91 Å². The molecule has 3 rings (SSSR count). The number of rotatable bonds is 2. The van der Waals surface area contributed by atoms with E-state index in [1.165, 1.54) is 29.2 Å². The molecule has 25 heavy (non-hydrogen) atoms. The quantitative estimate of drug-likeness (QED) is 0.850. The van der Waals surface area contributed by atoms with E-state index in [9.17, 15) is 22.8 Å². The predicted octanol–water partition coefficient (Wildman–Crippen LogP) is 1.53. The van der Waals surface area contributed by atoms with E-state index in [0.717, 1.165) is 0 Å². The van der Waals surface area contributed by atoms with Gasteiger partial charge in [-0.25, -0.2) is 13.2 Å². The molecule has 1 N–H and O–H groups in total. The lowest BCUT2D eigenvalue weighted by atomic mass is 10.1. The largest absolute Gasteiger partial charge is 0.338 e. The topological polar surface area (TPSA) is 52.7 Å². The lowest BCUT2D eigenvalue weighted by Crippen LogP contribution is -2.54. The molecule has 138 valence electrons. The molecule has 2 amide bonds. The highest BCUT2D eigenvalue weighted by molar-refractivity contribution is 5.94. The number of alkyl halides is 2. The number of piperazine rings is 1. The molecule has 5 nitrogen and oxygen atoms in total. The molecule has 1 aromatic rings. The van der Waals surface area contributed by atoms with Crippen LogP contribution in [0.3, 0.4) is 0 Å². The Morgan fingerprint density at radius 2 is 1.60 bits per heavy atom. The summed E-state index contributed by atoms with van der Waals surface area (Å²) in [6.45, 7) is 0.771. The van der Waals surface area contributed by atoms with Gasteiger partial charge in [-0.2, -0.15) is 0 Å². The number of benzene rings is 1.